The lowest BCUT2D eigenvalue weighted by atomic mass is 9.81. The Morgan fingerprint density at radius 2 is 1.59 bits per heavy atom. The Kier molecular flexibility index (Phi) is 8.77. The van der Waals surface area contributed by atoms with Crippen LogP contribution >= 0.6 is 0 Å². The van der Waals surface area contributed by atoms with Crippen LogP contribution in [-0.2, 0) is 27.9 Å². The molecule has 37 heavy (non-hydrogen) atoms. The van der Waals surface area contributed by atoms with E-state index in [2.05, 4.69) is 5.32 Å². The number of halogens is 1. The molecule has 0 atom stereocenters. The number of aryl methyl sites for hydroxylation is 2. The van der Waals surface area contributed by atoms with Gasteiger partial charge in [-0.2, -0.15) is 4.31 Å². The molecule has 0 radical (unpaired) electrons. The minimum Gasteiger partial charge on any atom is -0.352 e. The molecule has 0 spiro atoms. The first kappa shape index (κ1) is 27.0. The molecule has 0 unspecified atom stereocenters. The van der Waals surface area contributed by atoms with Crippen LogP contribution in [0.2, 0.25) is 0 Å². The topological polar surface area (TPSA) is 66.5 Å². The quantitative estimate of drug-likeness (QED) is 0.389. The van der Waals surface area contributed by atoms with Gasteiger partial charge in [-0.1, -0.05) is 60.2 Å². The van der Waals surface area contributed by atoms with Gasteiger partial charge in [0.25, 0.3) is 0 Å². The number of nitrogens with zero attached hydrogens (tertiary/aromatic N) is 1. The summed E-state index contributed by atoms with van der Waals surface area (Å²) in [6, 6.07) is 21.4. The zero-order valence-corrected chi connectivity index (χ0v) is 22.3. The van der Waals surface area contributed by atoms with Gasteiger partial charge in [-0.15, -0.1) is 0 Å². The normalized spacial score (nSPS) is 18.1. The molecule has 1 N–H and O–H groups in total. The minimum absolute atomic E-state index is 0.0554. The highest BCUT2D eigenvalue weighted by molar-refractivity contribution is 7.89. The van der Waals surface area contributed by atoms with Crippen molar-refractivity contribution in [3.63, 3.8) is 0 Å². The maximum Gasteiger partial charge on any atom is 0.243 e. The van der Waals surface area contributed by atoms with E-state index < -0.39 is 15.8 Å². The molecule has 1 fully saturated rings. The van der Waals surface area contributed by atoms with Crippen LogP contribution in [0.5, 0.6) is 0 Å². The minimum atomic E-state index is -3.83. The van der Waals surface area contributed by atoms with E-state index in [1.165, 1.54) is 28.1 Å². The average Bonchev–Trinajstić information content (AvgIpc) is 2.88. The molecule has 1 aliphatic rings. The molecule has 5 nitrogen and oxygen atoms in total. The maximum absolute atomic E-state index is 13.7. The SMILES string of the molecule is Cc1ccc(CNC(=O)C2CCC(CN(Cc3ccccc3)S(=O)(=O)c3ccc(F)cc3C)CC2)cc1. The van der Waals surface area contributed by atoms with Crippen molar-refractivity contribution in [2.75, 3.05) is 6.54 Å². The highest BCUT2D eigenvalue weighted by Crippen LogP contribution is 2.32. The monoisotopic (exact) mass is 522 g/mol. The predicted octanol–water partition coefficient (Wildman–Crippen LogP) is 5.76. The van der Waals surface area contributed by atoms with Gasteiger partial charge in [-0.25, -0.2) is 12.8 Å². The van der Waals surface area contributed by atoms with Crippen LogP contribution in [0.4, 0.5) is 4.39 Å². The highest BCUT2D eigenvalue weighted by atomic mass is 32.2. The van der Waals surface area contributed by atoms with Crippen LogP contribution in [0.3, 0.4) is 0 Å². The fraction of sp³-hybridized carbons (Fsp3) is 0.367. The first-order valence-corrected chi connectivity index (χ1v) is 14.3. The number of carbonyl (C=O) groups is 1. The Balaban J connectivity index is 1.41. The summed E-state index contributed by atoms with van der Waals surface area (Å²) >= 11 is 0. The second-order valence-electron chi connectivity index (χ2n) is 10.1. The molecular weight excluding hydrogens is 487 g/mol. The zero-order valence-electron chi connectivity index (χ0n) is 21.5. The average molecular weight is 523 g/mol. The van der Waals surface area contributed by atoms with Crippen molar-refractivity contribution in [1.82, 2.24) is 9.62 Å². The van der Waals surface area contributed by atoms with Gasteiger partial charge in [0.05, 0.1) is 4.90 Å². The van der Waals surface area contributed by atoms with E-state index in [1.54, 1.807) is 6.92 Å². The third kappa shape index (κ3) is 7.05. The first-order valence-electron chi connectivity index (χ1n) is 12.9. The van der Waals surface area contributed by atoms with Crippen LogP contribution in [0, 0.1) is 31.5 Å². The third-order valence-electron chi connectivity index (χ3n) is 7.22. The van der Waals surface area contributed by atoms with Crippen LogP contribution in [-0.4, -0.2) is 25.2 Å². The van der Waals surface area contributed by atoms with Gasteiger partial charge in [-0.3, -0.25) is 4.79 Å². The van der Waals surface area contributed by atoms with Crippen molar-refractivity contribution in [3.8, 4) is 0 Å². The molecule has 7 heteroatoms. The second-order valence-corrected chi connectivity index (χ2v) is 12.0. The largest absolute Gasteiger partial charge is 0.352 e. The van der Waals surface area contributed by atoms with Crippen molar-refractivity contribution in [1.29, 1.82) is 0 Å². The summed E-state index contributed by atoms with van der Waals surface area (Å²) in [6.45, 7) is 4.78. The van der Waals surface area contributed by atoms with Gasteiger partial charge in [0, 0.05) is 25.6 Å². The molecule has 0 saturated heterocycles. The van der Waals surface area contributed by atoms with Crippen molar-refractivity contribution >= 4 is 15.9 Å². The number of nitrogens with one attached hydrogen (secondary N) is 1. The Morgan fingerprint density at radius 3 is 2.24 bits per heavy atom. The predicted molar refractivity (Wildman–Crippen MR) is 144 cm³/mol. The van der Waals surface area contributed by atoms with Crippen LogP contribution in [0.25, 0.3) is 0 Å². The Labute approximate surface area is 219 Å². The molecule has 1 amide bonds. The Morgan fingerprint density at radius 1 is 0.919 bits per heavy atom. The summed E-state index contributed by atoms with van der Waals surface area (Å²) in [5, 5.41) is 3.06. The zero-order chi connectivity index (χ0) is 26.4. The number of benzene rings is 3. The number of carbonyl (C=O) groups excluding carboxylic acids is 1. The molecule has 3 aromatic rings. The molecule has 3 aromatic carbocycles. The number of hydrogen-bond acceptors (Lipinski definition) is 3. The van der Waals surface area contributed by atoms with E-state index in [1.807, 2.05) is 61.5 Å². The van der Waals surface area contributed by atoms with Crippen LogP contribution in [0.1, 0.15) is 47.9 Å². The lowest BCUT2D eigenvalue weighted by molar-refractivity contribution is -0.126. The van der Waals surface area contributed by atoms with Crippen molar-refractivity contribution < 1.29 is 17.6 Å². The number of sulfonamides is 1. The second kappa shape index (κ2) is 12.0. The van der Waals surface area contributed by atoms with Gasteiger partial charge >= 0.3 is 0 Å². The van der Waals surface area contributed by atoms with Gasteiger partial charge < -0.3 is 5.32 Å². The smallest absolute Gasteiger partial charge is 0.243 e. The summed E-state index contributed by atoms with van der Waals surface area (Å²) in [7, 11) is -3.83. The van der Waals surface area contributed by atoms with Gasteiger partial charge in [0.15, 0.2) is 0 Å². The Hall–Kier alpha value is -3.03. The van der Waals surface area contributed by atoms with E-state index in [0.717, 1.165) is 36.8 Å². The van der Waals surface area contributed by atoms with Gasteiger partial charge in [-0.05, 0) is 80.3 Å². The summed E-state index contributed by atoms with van der Waals surface area (Å²) in [6.07, 6.45) is 3.04. The first-order chi connectivity index (χ1) is 17.7. The molecular formula is C30H35FN2O3S. The third-order valence-corrected chi connectivity index (χ3v) is 9.20. The van der Waals surface area contributed by atoms with E-state index >= 15 is 0 Å². The van der Waals surface area contributed by atoms with Crippen molar-refractivity contribution in [3.05, 3.63) is 101 Å². The number of rotatable bonds is 9. The van der Waals surface area contributed by atoms with E-state index in [-0.39, 0.29) is 29.2 Å². The van der Waals surface area contributed by atoms with Crippen molar-refractivity contribution in [2.45, 2.75) is 57.5 Å². The summed E-state index contributed by atoms with van der Waals surface area (Å²) in [5.74, 6) is -0.291. The van der Waals surface area contributed by atoms with E-state index in [4.69, 9.17) is 0 Å². The number of amides is 1. The fourth-order valence-corrected chi connectivity index (χ4v) is 6.72. The summed E-state index contributed by atoms with van der Waals surface area (Å²) in [4.78, 5) is 12.9. The van der Waals surface area contributed by atoms with Crippen molar-refractivity contribution in [2.24, 2.45) is 11.8 Å². The van der Waals surface area contributed by atoms with Crippen LogP contribution < -0.4 is 5.32 Å². The lowest BCUT2D eigenvalue weighted by Crippen LogP contribution is -2.38. The maximum atomic E-state index is 13.7. The summed E-state index contributed by atoms with van der Waals surface area (Å²) in [5.41, 5.74) is 3.55. The molecule has 1 saturated carbocycles. The molecule has 196 valence electrons. The van der Waals surface area contributed by atoms with E-state index in [0.29, 0.717) is 18.7 Å². The molecule has 1 aliphatic carbocycles. The van der Waals surface area contributed by atoms with Gasteiger partial charge in [0.1, 0.15) is 5.82 Å². The molecule has 0 heterocycles. The molecule has 0 aliphatic heterocycles. The Bertz CT molecular complexity index is 1300. The van der Waals surface area contributed by atoms with Gasteiger partial charge in [0.2, 0.25) is 15.9 Å². The standard InChI is InChI=1S/C30H35FN2O3S/c1-22-8-10-24(11-9-22)19-32-30(34)27-14-12-26(13-15-27)21-33(20-25-6-4-3-5-7-25)37(35,36)29-17-16-28(31)18-23(29)2/h3-11,16-18,26-27H,12-15,19-21H2,1-2H3,(H,32,34). The number of hydrogen-bond donors (Lipinski definition) is 1. The highest BCUT2D eigenvalue weighted by Gasteiger charge is 2.32. The van der Waals surface area contributed by atoms with Crippen LogP contribution in [0.15, 0.2) is 77.7 Å². The molecule has 0 bridgehead atoms. The lowest BCUT2D eigenvalue weighted by Gasteiger charge is -2.32. The fourth-order valence-electron chi connectivity index (χ4n) is 5.01. The summed E-state index contributed by atoms with van der Waals surface area (Å²) < 4.78 is 42.6. The molecule has 4 rings (SSSR count). The molecule has 0 aromatic heterocycles. The van der Waals surface area contributed by atoms with E-state index in [9.17, 15) is 17.6 Å².